The minimum atomic E-state index is -0.197. The van der Waals surface area contributed by atoms with Gasteiger partial charge < -0.3 is 28.4 Å². The van der Waals surface area contributed by atoms with Crippen molar-refractivity contribution in [2.75, 3.05) is 33.0 Å². The molecule has 5 rings (SSSR count). The van der Waals surface area contributed by atoms with Gasteiger partial charge in [0.05, 0.1) is 6.26 Å². The number of nitrogens with zero attached hydrogens (tertiary/aromatic N) is 2. The number of piperazine rings is 1. The number of benzene rings is 2. The van der Waals surface area contributed by atoms with Crippen molar-refractivity contribution >= 4 is 11.8 Å². The Morgan fingerprint density at radius 2 is 1.56 bits per heavy atom. The molecule has 0 atom stereocenters. The lowest BCUT2D eigenvalue weighted by Crippen LogP contribution is -2.50. The second-order valence-electron chi connectivity index (χ2n) is 7.53. The van der Waals surface area contributed by atoms with E-state index in [0.717, 1.165) is 5.75 Å². The zero-order chi connectivity index (χ0) is 21.9. The van der Waals surface area contributed by atoms with E-state index in [1.807, 2.05) is 30.3 Å². The largest absolute Gasteiger partial charge is 0.489 e. The van der Waals surface area contributed by atoms with Crippen molar-refractivity contribution in [1.29, 1.82) is 0 Å². The molecule has 3 heterocycles. The van der Waals surface area contributed by atoms with Crippen LogP contribution in [-0.4, -0.2) is 54.6 Å². The summed E-state index contributed by atoms with van der Waals surface area (Å²) in [6.45, 7) is 2.14. The minimum absolute atomic E-state index is 0.0923. The van der Waals surface area contributed by atoms with Crippen LogP contribution in [0.1, 0.15) is 26.5 Å². The highest BCUT2D eigenvalue weighted by molar-refractivity contribution is 5.96. The molecule has 0 bridgehead atoms. The second kappa shape index (κ2) is 8.66. The van der Waals surface area contributed by atoms with Gasteiger partial charge in [0, 0.05) is 37.3 Å². The van der Waals surface area contributed by atoms with Crippen molar-refractivity contribution in [2.45, 2.75) is 6.61 Å². The molecule has 1 saturated heterocycles. The van der Waals surface area contributed by atoms with Crippen LogP contribution in [0.3, 0.4) is 0 Å². The molecular weight excluding hydrogens is 412 g/mol. The number of hydrogen-bond donors (Lipinski definition) is 0. The Morgan fingerprint density at radius 3 is 2.34 bits per heavy atom. The molecule has 0 spiro atoms. The Hall–Kier alpha value is -3.94. The predicted octanol–water partition coefficient (Wildman–Crippen LogP) is 3.19. The monoisotopic (exact) mass is 434 g/mol. The van der Waals surface area contributed by atoms with E-state index in [1.165, 1.54) is 6.26 Å². The standard InChI is InChI=1S/C24H22N2O6/c27-23(17-6-7-20-21(14-17)32-16-31-20)25-9-11-26(12-10-25)24(28)22-18(8-13-29-22)15-30-19-4-2-1-3-5-19/h1-8,13-14H,9-12,15-16H2. The number of amides is 2. The summed E-state index contributed by atoms with van der Waals surface area (Å²) < 4.78 is 21.9. The van der Waals surface area contributed by atoms with Crippen molar-refractivity contribution < 1.29 is 28.2 Å². The van der Waals surface area contributed by atoms with E-state index < -0.39 is 0 Å². The first-order chi connectivity index (χ1) is 15.7. The normalized spacial score (nSPS) is 15.0. The van der Waals surface area contributed by atoms with Crippen molar-refractivity contribution in [3.8, 4) is 17.2 Å². The van der Waals surface area contributed by atoms with Gasteiger partial charge in [0.25, 0.3) is 11.8 Å². The van der Waals surface area contributed by atoms with E-state index in [1.54, 1.807) is 34.1 Å². The van der Waals surface area contributed by atoms with Crippen LogP contribution in [0.25, 0.3) is 0 Å². The number of ether oxygens (including phenoxy) is 3. The minimum Gasteiger partial charge on any atom is -0.489 e. The Bertz CT molecular complexity index is 1120. The fourth-order valence-electron chi connectivity index (χ4n) is 3.78. The maximum Gasteiger partial charge on any atom is 0.290 e. The zero-order valence-electron chi connectivity index (χ0n) is 17.4. The van der Waals surface area contributed by atoms with E-state index in [2.05, 4.69) is 0 Å². The molecule has 0 saturated carbocycles. The lowest BCUT2D eigenvalue weighted by Gasteiger charge is -2.34. The summed E-state index contributed by atoms with van der Waals surface area (Å²) in [5.74, 6) is 1.93. The van der Waals surface area contributed by atoms with Gasteiger partial charge in [-0.1, -0.05) is 18.2 Å². The summed E-state index contributed by atoms with van der Waals surface area (Å²) in [5, 5.41) is 0. The molecule has 2 amide bonds. The lowest BCUT2D eigenvalue weighted by atomic mass is 10.1. The van der Waals surface area contributed by atoms with Crippen LogP contribution < -0.4 is 14.2 Å². The van der Waals surface area contributed by atoms with Gasteiger partial charge in [-0.2, -0.15) is 0 Å². The summed E-state index contributed by atoms with van der Waals surface area (Å²) in [4.78, 5) is 29.3. The van der Waals surface area contributed by atoms with E-state index in [9.17, 15) is 9.59 Å². The molecule has 32 heavy (non-hydrogen) atoms. The first-order valence-corrected chi connectivity index (χ1v) is 10.4. The molecule has 1 aromatic heterocycles. The quantitative estimate of drug-likeness (QED) is 0.614. The number of furan rings is 1. The Labute approximate surface area is 184 Å². The van der Waals surface area contributed by atoms with Crippen LogP contribution in [0.5, 0.6) is 17.2 Å². The average molecular weight is 434 g/mol. The molecule has 0 radical (unpaired) electrons. The molecule has 8 nitrogen and oxygen atoms in total. The van der Waals surface area contributed by atoms with Crippen molar-refractivity contribution in [3.05, 3.63) is 77.7 Å². The van der Waals surface area contributed by atoms with Crippen LogP contribution in [0.15, 0.2) is 65.3 Å². The Morgan fingerprint density at radius 1 is 0.844 bits per heavy atom. The van der Waals surface area contributed by atoms with Gasteiger partial charge in [-0.3, -0.25) is 9.59 Å². The molecule has 164 valence electrons. The highest BCUT2D eigenvalue weighted by atomic mass is 16.7. The summed E-state index contributed by atoms with van der Waals surface area (Å²) >= 11 is 0. The summed E-state index contributed by atoms with van der Waals surface area (Å²) in [7, 11) is 0. The Kier molecular flexibility index (Phi) is 5.41. The van der Waals surface area contributed by atoms with Gasteiger partial charge >= 0.3 is 0 Å². The number of carbonyl (C=O) groups is 2. The maximum absolute atomic E-state index is 13.0. The number of carbonyl (C=O) groups excluding carboxylic acids is 2. The lowest BCUT2D eigenvalue weighted by molar-refractivity contribution is 0.0516. The van der Waals surface area contributed by atoms with Gasteiger partial charge in [0.15, 0.2) is 17.3 Å². The maximum atomic E-state index is 13.0. The highest BCUT2D eigenvalue weighted by Crippen LogP contribution is 2.33. The molecule has 0 N–H and O–H groups in total. The molecule has 8 heteroatoms. The average Bonchev–Trinajstić information content (AvgIpc) is 3.51. The molecule has 0 unspecified atom stereocenters. The molecular formula is C24H22N2O6. The van der Waals surface area contributed by atoms with E-state index in [4.69, 9.17) is 18.6 Å². The SMILES string of the molecule is O=C(c1ccc2c(c1)OCO2)N1CCN(C(=O)c2occc2COc2ccccc2)CC1. The van der Waals surface area contributed by atoms with Crippen LogP contribution in [0, 0.1) is 0 Å². The first-order valence-electron chi connectivity index (χ1n) is 10.4. The summed E-state index contributed by atoms with van der Waals surface area (Å²) in [5.41, 5.74) is 1.23. The fourth-order valence-corrected chi connectivity index (χ4v) is 3.78. The zero-order valence-corrected chi connectivity index (χ0v) is 17.4. The molecule has 1 fully saturated rings. The van der Waals surface area contributed by atoms with Crippen LogP contribution in [0.4, 0.5) is 0 Å². The predicted molar refractivity (Wildman–Crippen MR) is 114 cm³/mol. The van der Waals surface area contributed by atoms with Crippen molar-refractivity contribution in [3.63, 3.8) is 0 Å². The molecule has 3 aromatic rings. The first kappa shape index (κ1) is 20.0. The van der Waals surface area contributed by atoms with Gasteiger partial charge in [-0.15, -0.1) is 0 Å². The third-order valence-corrected chi connectivity index (χ3v) is 5.55. The molecule has 2 aliphatic heterocycles. The summed E-state index contributed by atoms with van der Waals surface area (Å²) in [6, 6.07) is 16.3. The van der Waals surface area contributed by atoms with Crippen LogP contribution in [0.2, 0.25) is 0 Å². The Balaban J connectivity index is 1.19. The van der Waals surface area contributed by atoms with Crippen LogP contribution >= 0.6 is 0 Å². The van der Waals surface area contributed by atoms with Gasteiger partial charge in [0.1, 0.15) is 12.4 Å². The van der Waals surface area contributed by atoms with Gasteiger partial charge in [-0.05, 0) is 36.4 Å². The van der Waals surface area contributed by atoms with Crippen molar-refractivity contribution in [2.24, 2.45) is 0 Å². The van der Waals surface area contributed by atoms with E-state index in [0.29, 0.717) is 48.8 Å². The molecule has 2 aromatic carbocycles. The number of hydrogen-bond acceptors (Lipinski definition) is 6. The summed E-state index contributed by atoms with van der Waals surface area (Å²) in [6.07, 6.45) is 1.50. The fraction of sp³-hybridized carbons (Fsp3) is 0.250. The number of para-hydroxylation sites is 1. The number of fused-ring (bicyclic) bond motifs is 1. The van der Waals surface area contributed by atoms with Gasteiger partial charge in [0.2, 0.25) is 6.79 Å². The van der Waals surface area contributed by atoms with Crippen LogP contribution in [-0.2, 0) is 6.61 Å². The highest BCUT2D eigenvalue weighted by Gasteiger charge is 2.29. The molecule has 0 aliphatic carbocycles. The van der Waals surface area contributed by atoms with Gasteiger partial charge in [-0.25, -0.2) is 0 Å². The van der Waals surface area contributed by atoms with Crippen molar-refractivity contribution in [1.82, 2.24) is 9.80 Å². The smallest absolute Gasteiger partial charge is 0.290 e. The third-order valence-electron chi connectivity index (χ3n) is 5.55. The second-order valence-corrected chi connectivity index (χ2v) is 7.53. The number of rotatable bonds is 5. The molecule has 2 aliphatic rings. The van der Waals surface area contributed by atoms with E-state index in [-0.39, 0.29) is 31.0 Å². The topological polar surface area (TPSA) is 81.5 Å². The third kappa shape index (κ3) is 3.99. The van der Waals surface area contributed by atoms with E-state index >= 15 is 0 Å².